The van der Waals surface area contributed by atoms with Gasteiger partial charge < -0.3 is 11.1 Å². The summed E-state index contributed by atoms with van der Waals surface area (Å²) in [5.74, 6) is -0.273. The van der Waals surface area contributed by atoms with Crippen LogP contribution in [0.2, 0.25) is 0 Å². The molecule has 0 unspecified atom stereocenters. The average Bonchev–Trinajstić information content (AvgIpc) is 2.21. The number of primary amides is 1. The third-order valence-electron chi connectivity index (χ3n) is 3.05. The zero-order chi connectivity index (χ0) is 13.1. The number of carbonyl (C=O) groups excluding carboxylic acids is 1. The van der Waals surface area contributed by atoms with E-state index in [-0.39, 0.29) is 5.91 Å². The van der Waals surface area contributed by atoms with Gasteiger partial charge in [0.05, 0.1) is 5.41 Å². The van der Waals surface area contributed by atoms with Crippen molar-refractivity contribution in [1.82, 2.24) is 5.32 Å². The average molecular weight is 234 g/mol. The number of carbonyl (C=O) groups is 1. The van der Waals surface area contributed by atoms with E-state index in [1.165, 1.54) is 16.7 Å². The fourth-order valence-electron chi connectivity index (χ4n) is 1.64. The van der Waals surface area contributed by atoms with Crippen LogP contribution in [0.5, 0.6) is 0 Å². The maximum Gasteiger partial charge on any atom is 0.224 e. The fraction of sp³-hybridized carbons (Fsp3) is 0.500. The molecule has 0 fully saturated rings. The number of rotatable bonds is 5. The second-order valence-electron chi connectivity index (χ2n) is 5.28. The van der Waals surface area contributed by atoms with Crippen LogP contribution in [0, 0.1) is 19.3 Å². The molecular formula is C14H22N2O. The summed E-state index contributed by atoms with van der Waals surface area (Å²) in [6, 6.07) is 6.38. The highest BCUT2D eigenvalue weighted by Gasteiger charge is 2.23. The van der Waals surface area contributed by atoms with Gasteiger partial charge in [0.2, 0.25) is 5.91 Å². The van der Waals surface area contributed by atoms with Crippen LogP contribution in [-0.2, 0) is 11.3 Å². The Bertz CT molecular complexity index is 411. The summed E-state index contributed by atoms with van der Waals surface area (Å²) in [6.07, 6.45) is 0. The van der Waals surface area contributed by atoms with Crippen LogP contribution in [0.3, 0.4) is 0 Å². The molecule has 1 aromatic rings. The number of nitrogens with two attached hydrogens (primary N) is 1. The lowest BCUT2D eigenvalue weighted by Gasteiger charge is -2.21. The second-order valence-corrected chi connectivity index (χ2v) is 5.28. The van der Waals surface area contributed by atoms with Gasteiger partial charge in [-0.05, 0) is 38.8 Å². The Hall–Kier alpha value is -1.35. The molecular weight excluding hydrogens is 212 g/mol. The van der Waals surface area contributed by atoms with Crippen molar-refractivity contribution >= 4 is 5.91 Å². The highest BCUT2D eigenvalue weighted by atomic mass is 16.1. The van der Waals surface area contributed by atoms with Gasteiger partial charge in [-0.15, -0.1) is 0 Å². The van der Waals surface area contributed by atoms with E-state index in [1.807, 2.05) is 13.8 Å². The summed E-state index contributed by atoms with van der Waals surface area (Å²) in [7, 11) is 0. The zero-order valence-corrected chi connectivity index (χ0v) is 11.1. The minimum Gasteiger partial charge on any atom is -0.369 e. The topological polar surface area (TPSA) is 55.1 Å². The first-order valence-corrected chi connectivity index (χ1v) is 5.90. The predicted octanol–water partition coefficient (Wildman–Crippen LogP) is 1.90. The number of nitrogens with one attached hydrogen (secondary N) is 1. The molecule has 0 aliphatic carbocycles. The van der Waals surface area contributed by atoms with E-state index in [4.69, 9.17) is 5.73 Å². The van der Waals surface area contributed by atoms with Gasteiger partial charge in [0.15, 0.2) is 0 Å². The number of hydrogen-bond acceptors (Lipinski definition) is 2. The van der Waals surface area contributed by atoms with Gasteiger partial charge >= 0.3 is 0 Å². The van der Waals surface area contributed by atoms with Gasteiger partial charge in [0, 0.05) is 13.1 Å². The van der Waals surface area contributed by atoms with E-state index in [0.29, 0.717) is 6.54 Å². The van der Waals surface area contributed by atoms with Gasteiger partial charge in [0.1, 0.15) is 0 Å². The molecule has 0 saturated carbocycles. The maximum absolute atomic E-state index is 11.2. The molecule has 0 bridgehead atoms. The highest BCUT2D eigenvalue weighted by molar-refractivity contribution is 5.80. The van der Waals surface area contributed by atoms with Crippen molar-refractivity contribution in [3.63, 3.8) is 0 Å². The summed E-state index contributed by atoms with van der Waals surface area (Å²) in [5.41, 5.74) is 8.62. The maximum atomic E-state index is 11.2. The molecule has 3 N–H and O–H groups in total. The van der Waals surface area contributed by atoms with E-state index in [2.05, 4.69) is 37.4 Å². The Labute approximate surface area is 103 Å². The molecule has 0 saturated heterocycles. The van der Waals surface area contributed by atoms with Gasteiger partial charge in [-0.25, -0.2) is 0 Å². The van der Waals surface area contributed by atoms with Crippen LogP contribution >= 0.6 is 0 Å². The smallest absolute Gasteiger partial charge is 0.224 e. The molecule has 0 radical (unpaired) electrons. The molecule has 3 heteroatoms. The lowest BCUT2D eigenvalue weighted by Crippen LogP contribution is -2.40. The number of hydrogen-bond donors (Lipinski definition) is 2. The first-order chi connectivity index (χ1) is 7.83. The summed E-state index contributed by atoms with van der Waals surface area (Å²) >= 11 is 0. The van der Waals surface area contributed by atoms with Gasteiger partial charge in [-0.3, -0.25) is 4.79 Å². The van der Waals surface area contributed by atoms with Crippen LogP contribution in [0.15, 0.2) is 18.2 Å². The van der Waals surface area contributed by atoms with Crippen molar-refractivity contribution in [3.8, 4) is 0 Å². The molecule has 0 aliphatic heterocycles. The van der Waals surface area contributed by atoms with Crippen molar-refractivity contribution in [2.45, 2.75) is 34.2 Å². The lowest BCUT2D eigenvalue weighted by molar-refractivity contribution is -0.125. The normalized spacial score (nSPS) is 11.5. The SMILES string of the molecule is Cc1ccc(CNCC(C)(C)C(N)=O)c(C)c1. The molecule has 17 heavy (non-hydrogen) atoms. The van der Waals surface area contributed by atoms with E-state index >= 15 is 0 Å². The second kappa shape index (κ2) is 5.32. The van der Waals surface area contributed by atoms with Crippen molar-refractivity contribution in [3.05, 3.63) is 34.9 Å². The van der Waals surface area contributed by atoms with E-state index in [0.717, 1.165) is 6.54 Å². The molecule has 1 rings (SSSR count). The highest BCUT2D eigenvalue weighted by Crippen LogP contribution is 2.14. The van der Waals surface area contributed by atoms with Crippen LogP contribution in [0.4, 0.5) is 0 Å². The van der Waals surface area contributed by atoms with Gasteiger partial charge in [-0.2, -0.15) is 0 Å². The molecule has 1 aromatic carbocycles. The Kier molecular flexibility index (Phi) is 4.29. The minimum atomic E-state index is -0.501. The molecule has 0 aromatic heterocycles. The predicted molar refractivity (Wildman–Crippen MR) is 70.6 cm³/mol. The van der Waals surface area contributed by atoms with Crippen molar-refractivity contribution < 1.29 is 4.79 Å². The van der Waals surface area contributed by atoms with Crippen molar-refractivity contribution in [2.75, 3.05) is 6.54 Å². The quantitative estimate of drug-likeness (QED) is 0.817. The van der Waals surface area contributed by atoms with Crippen LogP contribution in [0.25, 0.3) is 0 Å². The van der Waals surface area contributed by atoms with E-state index < -0.39 is 5.41 Å². The zero-order valence-electron chi connectivity index (χ0n) is 11.1. The van der Waals surface area contributed by atoms with Crippen LogP contribution in [-0.4, -0.2) is 12.5 Å². The lowest BCUT2D eigenvalue weighted by atomic mass is 9.92. The summed E-state index contributed by atoms with van der Waals surface area (Å²) in [6.45, 7) is 9.25. The van der Waals surface area contributed by atoms with Crippen molar-refractivity contribution in [2.24, 2.45) is 11.1 Å². The Morgan fingerprint density at radius 2 is 2.00 bits per heavy atom. The first kappa shape index (κ1) is 13.7. The summed E-state index contributed by atoms with van der Waals surface area (Å²) in [4.78, 5) is 11.2. The molecule has 1 amide bonds. The van der Waals surface area contributed by atoms with Gasteiger partial charge in [0.25, 0.3) is 0 Å². The van der Waals surface area contributed by atoms with Crippen LogP contribution < -0.4 is 11.1 Å². The van der Waals surface area contributed by atoms with Crippen molar-refractivity contribution in [1.29, 1.82) is 0 Å². The molecule has 94 valence electrons. The van der Waals surface area contributed by atoms with Crippen LogP contribution in [0.1, 0.15) is 30.5 Å². The Morgan fingerprint density at radius 1 is 1.35 bits per heavy atom. The number of amides is 1. The largest absolute Gasteiger partial charge is 0.369 e. The number of aryl methyl sites for hydroxylation is 2. The standard InChI is InChI=1S/C14H22N2O/c1-10-5-6-12(11(2)7-10)8-16-9-14(3,4)13(15)17/h5-7,16H,8-9H2,1-4H3,(H2,15,17). The summed E-state index contributed by atoms with van der Waals surface area (Å²) < 4.78 is 0. The molecule has 0 aliphatic rings. The summed E-state index contributed by atoms with van der Waals surface area (Å²) in [5, 5.41) is 3.28. The Balaban J connectivity index is 2.54. The van der Waals surface area contributed by atoms with E-state index in [9.17, 15) is 4.79 Å². The third-order valence-corrected chi connectivity index (χ3v) is 3.05. The first-order valence-electron chi connectivity index (χ1n) is 5.90. The molecule has 3 nitrogen and oxygen atoms in total. The Morgan fingerprint density at radius 3 is 2.53 bits per heavy atom. The minimum absolute atomic E-state index is 0.273. The van der Waals surface area contributed by atoms with E-state index in [1.54, 1.807) is 0 Å². The number of benzene rings is 1. The van der Waals surface area contributed by atoms with Gasteiger partial charge in [-0.1, -0.05) is 23.8 Å². The third kappa shape index (κ3) is 3.86. The molecule has 0 atom stereocenters. The molecule has 0 heterocycles. The monoisotopic (exact) mass is 234 g/mol. The fourth-order valence-corrected chi connectivity index (χ4v) is 1.64. The molecule has 0 spiro atoms.